The second-order valence-corrected chi connectivity index (χ2v) is 5.94. The third-order valence-electron chi connectivity index (χ3n) is 4.01. The number of anilines is 2. The van der Waals surface area contributed by atoms with Crippen LogP contribution in [0, 0.1) is 5.92 Å². The molecule has 0 bridgehead atoms. The molecular weight excluding hydrogens is 262 g/mol. The van der Waals surface area contributed by atoms with Crippen LogP contribution in [-0.4, -0.2) is 41.0 Å². The Morgan fingerprint density at radius 2 is 2.00 bits per heavy atom. The summed E-state index contributed by atoms with van der Waals surface area (Å²) < 4.78 is 0. The molecule has 0 aliphatic carbocycles. The topological polar surface area (TPSA) is 67.1 Å². The molecule has 1 aromatic heterocycles. The smallest absolute Gasteiger partial charge is 0.222 e. The minimum Gasteiger partial charge on any atom is -0.369 e. The summed E-state index contributed by atoms with van der Waals surface area (Å²) in [5.74, 6) is 1.74. The van der Waals surface area contributed by atoms with Crippen LogP contribution in [0.5, 0.6) is 0 Å². The fraction of sp³-hybridized carbons (Fsp3) is 0.500. The van der Waals surface area contributed by atoms with Gasteiger partial charge in [-0.25, -0.2) is 4.98 Å². The average molecular weight is 285 g/mol. The second kappa shape index (κ2) is 6.26. The largest absolute Gasteiger partial charge is 0.369 e. The first-order valence-electron chi connectivity index (χ1n) is 7.71. The molecule has 1 unspecified atom stereocenters. The highest BCUT2D eigenvalue weighted by molar-refractivity contribution is 5.89. The van der Waals surface area contributed by atoms with Crippen LogP contribution in [0.25, 0.3) is 10.9 Å². The molecule has 21 heavy (non-hydrogen) atoms. The summed E-state index contributed by atoms with van der Waals surface area (Å²) in [6, 6.07) is 7.96. The lowest BCUT2D eigenvalue weighted by molar-refractivity contribution is 0.294. The highest BCUT2D eigenvalue weighted by atomic mass is 15.1. The molecule has 0 saturated carbocycles. The Hall–Kier alpha value is -1.88. The zero-order chi connectivity index (χ0) is 14.7. The zero-order valence-electron chi connectivity index (χ0n) is 12.5. The first kappa shape index (κ1) is 14.1. The maximum absolute atomic E-state index is 5.79. The van der Waals surface area contributed by atoms with Crippen molar-refractivity contribution in [2.24, 2.45) is 5.92 Å². The van der Waals surface area contributed by atoms with E-state index in [2.05, 4.69) is 27.1 Å². The molecule has 3 rings (SSSR count). The molecule has 1 atom stereocenters. The van der Waals surface area contributed by atoms with Crippen molar-refractivity contribution in [2.45, 2.75) is 19.8 Å². The first-order valence-corrected chi connectivity index (χ1v) is 7.71. The molecule has 2 heterocycles. The minimum atomic E-state index is 0.323. The van der Waals surface area contributed by atoms with E-state index in [0.29, 0.717) is 11.9 Å². The van der Waals surface area contributed by atoms with Crippen LogP contribution in [0.4, 0.5) is 11.8 Å². The SMILES string of the molecule is CC(CNc1nc(N)nc2ccccc12)CN1CCCC1. The van der Waals surface area contributed by atoms with Crippen molar-refractivity contribution in [3.8, 4) is 0 Å². The van der Waals surface area contributed by atoms with Crippen molar-refractivity contribution in [1.29, 1.82) is 0 Å². The number of nitrogens with one attached hydrogen (secondary N) is 1. The molecule has 1 fully saturated rings. The number of likely N-dealkylation sites (tertiary alicyclic amines) is 1. The van der Waals surface area contributed by atoms with Crippen molar-refractivity contribution in [2.75, 3.05) is 37.2 Å². The predicted octanol–water partition coefficient (Wildman–Crippen LogP) is 2.36. The van der Waals surface area contributed by atoms with Gasteiger partial charge in [-0.15, -0.1) is 0 Å². The van der Waals surface area contributed by atoms with Gasteiger partial charge in [0.1, 0.15) is 5.82 Å². The van der Waals surface area contributed by atoms with Crippen LogP contribution < -0.4 is 11.1 Å². The third kappa shape index (κ3) is 3.42. The van der Waals surface area contributed by atoms with Crippen LogP contribution in [0.1, 0.15) is 19.8 Å². The molecule has 0 radical (unpaired) electrons. The van der Waals surface area contributed by atoms with Gasteiger partial charge < -0.3 is 16.0 Å². The molecule has 2 aromatic rings. The van der Waals surface area contributed by atoms with Gasteiger partial charge in [-0.2, -0.15) is 4.98 Å². The Balaban J connectivity index is 1.67. The van der Waals surface area contributed by atoms with E-state index in [1.54, 1.807) is 0 Å². The zero-order valence-corrected chi connectivity index (χ0v) is 12.5. The van der Waals surface area contributed by atoms with Crippen LogP contribution in [-0.2, 0) is 0 Å². The molecule has 0 amide bonds. The summed E-state index contributed by atoms with van der Waals surface area (Å²) in [6.07, 6.45) is 2.68. The molecule has 1 aromatic carbocycles. The number of hydrogen-bond acceptors (Lipinski definition) is 5. The Labute approximate surface area is 125 Å². The van der Waals surface area contributed by atoms with E-state index in [1.165, 1.54) is 25.9 Å². The molecule has 3 N–H and O–H groups in total. The maximum atomic E-state index is 5.79. The number of nitrogen functional groups attached to an aromatic ring is 1. The van der Waals surface area contributed by atoms with Crippen LogP contribution in [0.2, 0.25) is 0 Å². The van der Waals surface area contributed by atoms with E-state index in [9.17, 15) is 0 Å². The highest BCUT2D eigenvalue weighted by Crippen LogP contribution is 2.21. The number of fused-ring (bicyclic) bond motifs is 1. The van der Waals surface area contributed by atoms with E-state index in [4.69, 9.17) is 5.73 Å². The molecule has 5 nitrogen and oxygen atoms in total. The predicted molar refractivity (Wildman–Crippen MR) is 87.3 cm³/mol. The molecule has 1 aliphatic heterocycles. The molecule has 0 spiro atoms. The summed E-state index contributed by atoms with van der Waals surface area (Å²) in [5.41, 5.74) is 6.68. The number of nitrogens with zero attached hydrogens (tertiary/aromatic N) is 3. The van der Waals surface area contributed by atoms with Crippen molar-refractivity contribution in [3.63, 3.8) is 0 Å². The number of rotatable bonds is 5. The van der Waals surface area contributed by atoms with Crippen molar-refractivity contribution < 1.29 is 0 Å². The lowest BCUT2D eigenvalue weighted by Gasteiger charge is -2.21. The van der Waals surface area contributed by atoms with E-state index in [0.717, 1.165) is 29.8 Å². The normalized spacial score (nSPS) is 17.2. The van der Waals surface area contributed by atoms with Gasteiger partial charge in [0, 0.05) is 18.5 Å². The Kier molecular flexibility index (Phi) is 4.20. The van der Waals surface area contributed by atoms with E-state index >= 15 is 0 Å². The highest BCUT2D eigenvalue weighted by Gasteiger charge is 2.15. The summed E-state index contributed by atoms with van der Waals surface area (Å²) in [5, 5.41) is 4.47. The molecule has 1 aliphatic rings. The van der Waals surface area contributed by atoms with Gasteiger partial charge in [0.05, 0.1) is 5.52 Å². The average Bonchev–Trinajstić information content (AvgIpc) is 2.97. The number of benzene rings is 1. The van der Waals surface area contributed by atoms with Crippen molar-refractivity contribution in [1.82, 2.24) is 14.9 Å². The van der Waals surface area contributed by atoms with Gasteiger partial charge in [0.25, 0.3) is 0 Å². The Morgan fingerprint density at radius 3 is 2.81 bits per heavy atom. The maximum Gasteiger partial charge on any atom is 0.222 e. The standard InChI is InChI=1S/C16H23N5/c1-12(11-21-8-4-5-9-21)10-18-15-13-6-2-3-7-14(13)19-16(17)20-15/h2-3,6-7,12H,4-5,8-11H2,1H3,(H3,17,18,19,20). The number of hydrogen-bond donors (Lipinski definition) is 2. The van der Waals surface area contributed by atoms with Gasteiger partial charge in [0.2, 0.25) is 5.95 Å². The van der Waals surface area contributed by atoms with Crippen LogP contribution >= 0.6 is 0 Å². The quantitative estimate of drug-likeness (QED) is 0.882. The van der Waals surface area contributed by atoms with E-state index < -0.39 is 0 Å². The van der Waals surface area contributed by atoms with Crippen LogP contribution in [0.15, 0.2) is 24.3 Å². The Bertz CT molecular complexity index is 607. The van der Waals surface area contributed by atoms with Gasteiger partial charge in [-0.3, -0.25) is 0 Å². The second-order valence-electron chi connectivity index (χ2n) is 5.94. The van der Waals surface area contributed by atoms with Crippen molar-refractivity contribution in [3.05, 3.63) is 24.3 Å². The molecular formula is C16H23N5. The number of para-hydroxylation sites is 1. The van der Waals surface area contributed by atoms with Crippen molar-refractivity contribution >= 4 is 22.7 Å². The first-order chi connectivity index (χ1) is 10.2. The molecule has 112 valence electrons. The third-order valence-corrected chi connectivity index (χ3v) is 4.01. The minimum absolute atomic E-state index is 0.323. The number of nitrogens with two attached hydrogens (primary N) is 1. The van der Waals surface area contributed by atoms with E-state index in [1.807, 2.05) is 24.3 Å². The van der Waals surface area contributed by atoms with Gasteiger partial charge in [-0.05, 0) is 44.0 Å². The number of aromatic nitrogens is 2. The molecule has 5 heteroatoms. The lowest BCUT2D eigenvalue weighted by Crippen LogP contribution is -2.29. The van der Waals surface area contributed by atoms with E-state index in [-0.39, 0.29) is 0 Å². The van der Waals surface area contributed by atoms with Gasteiger partial charge in [-0.1, -0.05) is 19.1 Å². The fourth-order valence-electron chi connectivity index (χ4n) is 2.97. The lowest BCUT2D eigenvalue weighted by atomic mass is 10.1. The fourth-order valence-corrected chi connectivity index (χ4v) is 2.97. The summed E-state index contributed by atoms with van der Waals surface area (Å²) in [4.78, 5) is 11.2. The molecule has 1 saturated heterocycles. The summed E-state index contributed by atoms with van der Waals surface area (Å²) in [7, 11) is 0. The Morgan fingerprint density at radius 1 is 1.24 bits per heavy atom. The monoisotopic (exact) mass is 285 g/mol. The summed E-state index contributed by atoms with van der Waals surface area (Å²) in [6.45, 7) is 6.81. The van der Waals surface area contributed by atoms with Gasteiger partial charge >= 0.3 is 0 Å². The van der Waals surface area contributed by atoms with Crippen LogP contribution in [0.3, 0.4) is 0 Å². The summed E-state index contributed by atoms with van der Waals surface area (Å²) >= 11 is 0. The van der Waals surface area contributed by atoms with Gasteiger partial charge in [0.15, 0.2) is 0 Å².